The Morgan fingerprint density at radius 3 is 2.64 bits per heavy atom. The molecule has 0 saturated heterocycles. The predicted molar refractivity (Wildman–Crippen MR) is 81.0 cm³/mol. The number of nitrogens with zero attached hydrogens (tertiary/aromatic N) is 2. The minimum atomic E-state index is -0.459. The lowest BCUT2D eigenvalue weighted by molar-refractivity contribution is 0.101. The summed E-state index contributed by atoms with van der Waals surface area (Å²) in [5.41, 5.74) is 0.521. The Labute approximate surface area is 129 Å². The van der Waals surface area contributed by atoms with E-state index >= 15 is 0 Å². The van der Waals surface area contributed by atoms with Crippen LogP contribution in [0.2, 0.25) is 0 Å². The van der Waals surface area contributed by atoms with Crippen molar-refractivity contribution in [3.8, 4) is 0 Å². The molecule has 7 nitrogen and oxygen atoms in total. The fourth-order valence-corrected chi connectivity index (χ4v) is 2.16. The molecule has 2 amide bonds. The van der Waals surface area contributed by atoms with Crippen LogP contribution in [-0.4, -0.2) is 21.8 Å². The summed E-state index contributed by atoms with van der Waals surface area (Å²) in [6.07, 6.45) is 2.75. The lowest BCUT2D eigenvalue weighted by Gasteiger charge is -1.99. The number of oxazole rings is 1. The third-order valence-electron chi connectivity index (χ3n) is 2.65. The van der Waals surface area contributed by atoms with Crippen molar-refractivity contribution in [2.24, 2.45) is 0 Å². The molecule has 22 heavy (non-hydrogen) atoms. The van der Waals surface area contributed by atoms with Gasteiger partial charge in [0.1, 0.15) is 6.26 Å². The Kier molecular flexibility index (Phi) is 3.92. The normalized spacial score (nSPS) is 10.2. The van der Waals surface area contributed by atoms with Gasteiger partial charge in [-0.1, -0.05) is 18.2 Å². The molecule has 2 aromatic heterocycles. The molecule has 0 spiro atoms. The van der Waals surface area contributed by atoms with E-state index in [-0.39, 0.29) is 17.6 Å². The molecule has 0 fully saturated rings. The SMILES string of the molecule is O=C(Nc1nc(C(=O)Nc2nccs2)co1)c1ccccc1. The van der Waals surface area contributed by atoms with Gasteiger partial charge in [-0.25, -0.2) is 4.98 Å². The van der Waals surface area contributed by atoms with Crippen LogP contribution in [0.5, 0.6) is 0 Å². The van der Waals surface area contributed by atoms with Gasteiger partial charge >= 0.3 is 6.01 Å². The van der Waals surface area contributed by atoms with Gasteiger partial charge in [0.15, 0.2) is 10.8 Å². The van der Waals surface area contributed by atoms with Crippen molar-refractivity contribution in [3.05, 3.63) is 59.4 Å². The number of benzene rings is 1. The monoisotopic (exact) mass is 314 g/mol. The molecule has 0 aliphatic heterocycles. The third kappa shape index (κ3) is 3.18. The summed E-state index contributed by atoms with van der Waals surface area (Å²) in [6.45, 7) is 0. The van der Waals surface area contributed by atoms with E-state index in [1.54, 1.807) is 35.8 Å². The van der Waals surface area contributed by atoms with E-state index in [2.05, 4.69) is 20.6 Å². The van der Waals surface area contributed by atoms with E-state index in [9.17, 15) is 9.59 Å². The Hall–Kier alpha value is -3.00. The number of carbonyl (C=O) groups excluding carboxylic acids is 2. The zero-order chi connectivity index (χ0) is 15.4. The van der Waals surface area contributed by atoms with Crippen molar-refractivity contribution in [2.75, 3.05) is 10.6 Å². The van der Waals surface area contributed by atoms with Crippen LogP contribution < -0.4 is 10.6 Å². The van der Waals surface area contributed by atoms with E-state index in [1.807, 2.05) is 6.07 Å². The molecule has 0 saturated carbocycles. The summed E-state index contributed by atoms with van der Waals surface area (Å²) < 4.78 is 5.08. The zero-order valence-corrected chi connectivity index (χ0v) is 12.0. The fraction of sp³-hybridized carbons (Fsp3) is 0. The Morgan fingerprint density at radius 1 is 1.09 bits per heavy atom. The molecule has 0 bridgehead atoms. The predicted octanol–water partition coefficient (Wildman–Crippen LogP) is 2.64. The summed E-state index contributed by atoms with van der Waals surface area (Å²) in [5.74, 6) is -0.826. The lowest BCUT2D eigenvalue weighted by atomic mass is 10.2. The van der Waals surface area contributed by atoms with Crippen LogP contribution >= 0.6 is 11.3 Å². The van der Waals surface area contributed by atoms with Crippen molar-refractivity contribution in [1.82, 2.24) is 9.97 Å². The lowest BCUT2D eigenvalue weighted by Crippen LogP contribution is -2.14. The minimum absolute atomic E-state index is 0.0434. The molecule has 0 atom stereocenters. The topological polar surface area (TPSA) is 97.1 Å². The largest absolute Gasteiger partial charge is 0.431 e. The van der Waals surface area contributed by atoms with Crippen LogP contribution in [0, 0.1) is 0 Å². The third-order valence-corrected chi connectivity index (χ3v) is 3.33. The number of anilines is 2. The first kappa shape index (κ1) is 14.0. The van der Waals surface area contributed by atoms with Gasteiger partial charge in [-0.15, -0.1) is 11.3 Å². The van der Waals surface area contributed by atoms with Crippen molar-refractivity contribution in [2.45, 2.75) is 0 Å². The molecule has 2 N–H and O–H groups in total. The van der Waals surface area contributed by atoms with Gasteiger partial charge in [0.25, 0.3) is 11.8 Å². The van der Waals surface area contributed by atoms with E-state index in [4.69, 9.17) is 4.42 Å². The van der Waals surface area contributed by atoms with Gasteiger partial charge in [0.05, 0.1) is 0 Å². The van der Waals surface area contributed by atoms with Gasteiger partial charge in [-0.05, 0) is 12.1 Å². The highest BCUT2D eigenvalue weighted by Gasteiger charge is 2.15. The Morgan fingerprint density at radius 2 is 1.91 bits per heavy atom. The average molecular weight is 314 g/mol. The molecule has 3 aromatic rings. The molecule has 0 radical (unpaired) electrons. The molecule has 1 aromatic carbocycles. The number of nitrogens with one attached hydrogen (secondary N) is 2. The summed E-state index contributed by atoms with van der Waals surface area (Å²) >= 11 is 1.29. The highest BCUT2D eigenvalue weighted by atomic mass is 32.1. The molecule has 0 unspecified atom stereocenters. The van der Waals surface area contributed by atoms with Crippen LogP contribution in [0.25, 0.3) is 0 Å². The Bertz CT molecular complexity index is 784. The zero-order valence-electron chi connectivity index (χ0n) is 11.1. The van der Waals surface area contributed by atoms with Crippen LogP contribution in [0.4, 0.5) is 11.1 Å². The fourth-order valence-electron chi connectivity index (χ4n) is 1.64. The molecule has 8 heteroatoms. The molecular formula is C14H10N4O3S. The second-order valence-electron chi connectivity index (χ2n) is 4.15. The summed E-state index contributed by atoms with van der Waals surface area (Å²) in [5, 5.41) is 7.25. The second kappa shape index (κ2) is 6.19. The summed E-state index contributed by atoms with van der Waals surface area (Å²) in [4.78, 5) is 31.7. The minimum Gasteiger partial charge on any atom is -0.431 e. The van der Waals surface area contributed by atoms with Crippen LogP contribution in [0.3, 0.4) is 0 Å². The summed E-state index contributed by atoms with van der Waals surface area (Å²) in [6, 6.07) is 8.58. The number of rotatable bonds is 4. The average Bonchev–Trinajstić information content (AvgIpc) is 3.20. The maximum Gasteiger partial charge on any atom is 0.302 e. The van der Waals surface area contributed by atoms with E-state index < -0.39 is 5.91 Å². The van der Waals surface area contributed by atoms with E-state index in [0.717, 1.165) is 0 Å². The van der Waals surface area contributed by atoms with Crippen molar-refractivity contribution in [3.63, 3.8) is 0 Å². The summed E-state index contributed by atoms with van der Waals surface area (Å²) in [7, 11) is 0. The van der Waals surface area contributed by atoms with Gasteiger partial charge in [0, 0.05) is 17.1 Å². The van der Waals surface area contributed by atoms with Gasteiger partial charge < -0.3 is 4.42 Å². The number of hydrogen-bond donors (Lipinski definition) is 2. The quantitative estimate of drug-likeness (QED) is 0.771. The number of hydrogen-bond acceptors (Lipinski definition) is 6. The molecule has 0 aliphatic rings. The van der Waals surface area contributed by atoms with Gasteiger partial charge in [-0.2, -0.15) is 4.98 Å². The molecular weight excluding hydrogens is 304 g/mol. The number of carbonyl (C=O) groups is 2. The smallest absolute Gasteiger partial charge is 0.302 e. The van der Waals surface area contributed by atoms with Crippen molar-refractivity contribution in [1.29, 1.82) is 0 Å². The highest BCUT2D eigenvalue weighted by molar-refractivity contribution is 7.13. The van der Waals surface area contributed by atoms with Gasteiger partial charge in [-0.3, -0.25) is 20.2 Å². The Balaban J connectivity index is 1.66. The van der Waals surface area contributed by atoms with E-state index in [0.29, 0.717) is 10.7 Å². The first-order chi connectivity index (χ1) is 10.7. The molecule has 0 aliphatic carbocycles. The van der Waals surface area contributed by atoms with Crippen molar-refractivity contribution < 1.29 is 14.0 Å². The number of aromatic nitrogens is 2. The van der Waals surface area contributed by atoms with Crippen LogP contribution in [0.1, 0.15) is 20.8 Å². The first-order valence-corrected chi connectivity index (χ1v) is 7.13. The van der Waals surface area contributed by atoms with Crippen molar-refractivity contribution >= 4 is 34.3 Å². The van der Waals surface area contributed by atoms with Gasteiger partial charge in [0.2, 0.25) is 0 Å². The number of thiazole rings is 1. The van der Waals surface area contributed by atoms with E-state index in [1.165, 1.54) is 17.6 Å². The van der Waals surface area contributed by atoms with Crippen LogP contribution in [-0.2, 0) is 0 Å². The van der Waals surface area contributed by atoms with Crippen LogP contribution in [0.15, 0.2) is 52.6 Å². The second-order valence-corrected chi connectivity index (χ2v) is 5.04. The maximum atomic E-state index is 11.9. The highest BCUT2D eigenvalue weighted by Crippen LogP contribution is 2.14. The molecule has 3 rings (SSSR count). The molecule has 110 valence electrons. The molecule has 2 heterocycles. The standard InChI is InChI=1S/C14H10N4O3S/c19-11(9-4-2-1-3-5-9)17-13-16-10(8-21-13)12(20)18-14-15-6-7-22-14/h1-8H,(H,15,18,20)(H,16,17,19). The number of amides is 2. The first-order valence-electron chi connectivity index (χ1n) is 6.25. The maximum absolute atomic E-state index is 11.9.